The van der Waals surface area contributed by atoms with Gasteiger partial charge in [-0.25, -0.2) is 18.7 Å². The quantitative estimate of drug-likeness (QED) is 0.156. The zero-order valence-corrected chi connectivity index (χ0v) is 18.7. The number of hydrogen-bond acceptors (Lipinski definition) is 13. The summed E-state index contributed by atoms with van der Waals surface area (Å²) < 4.78 is 51.9. The van der Waals surface area contributed by atoms with Crippen molar-refractivity contribution >= 4 is 52.1 Å². The third-order valence-electron chi connectivity index (χ3n) is 3.85. The van der Waals surface area contributed by atoms with E-state index in [2.05, 4.69) is 28.1 Å². The van der Waals surface area contributed by atoms with Crippen molar-refractivity contribution in [3.05, 3.63) is 11.6 Å². The summed E-state index contributed by atoms with van der Waals surface area (Å²) in [5.74, 6) is -0.0732. The zero-order chi connectivity index (χ0) is 24.1. The van der Waals surface area contributed by atoms with Crippen LogP contribution in [0, 0.1) is 0 Å². The smallest absolute Gasteiger partial charge is 0.387 e. The fourth-order valence-electron chi connectivity index (χ4n) is 2.66. The largest absolute Gasteiger partial charge is 0.490 e. The molecule has 180 valence electrons. The number of hydrogen-bond donors (Lipinski definition) is 7. The number of halogens is 1. The predicted molar refractivity (Wildman–Crippen MR) is 100 cm³/mol. The second-order valence-corrected chi connectivity index (χ2v) is 10.9. The zero-order valence-electron chi connectivity index (χ0n) is 15.2. The minimum Gasteiger partial charge on any atom is -0.387 e. The molecule has 22 heteroatoms. The fourth-order valence-corrected chi connectivity index (χ4v) is 5.87. The maximum atomic E-state index is 11.8. The Hall–Kier alpha value is -1.07. The summed E-state index contributed by atoms with van der Waals surface area (Å²) in [7, 11) is -16.7. The van der Waals surface area contributed by atoms with Gasteiger partial charge < -0.3 is 40.3 Å². The summed E-state index contributed by atoms with van der Waals surface area (Å²) in [5.41, 5.74) is 5.83. The molecular weight excluding hydrogens is 527 g/mol. The Morgan fingerprint density at radius 1 is 1.09 bits per heavy atom. The number of aromatic nitrogens is 4. The lowest BCUT2D eigenvalue weighted by Gasteiger charge is -2.19. The molecule has 0 aliphatic carbocycles. The average molecular weight is 542 g/mol. The van der Waals surface area contributed by atoms with E-state index in [0.717, 1.165) is 10.9 Å². The Labute approximate surface area is 182 Å². The Bertz CT molecular complexity index is 1160. The molecule has 0 bridgehead atoms. The number of anilines is 1. The summed E-state index contributed by atoms with van der Waals surface area (Å²) in [6.45, 7) is -0.983. The van der Waals surface area contributed by atoms with E-state index in [0.29, 0.717) is 0 Å². The van der Waals surface area contributed by atoms with E-state index in [4.69, 9.17) is 36.8 Å². The third-order valence-corrected chi connectivity index (χ3v) is 7.82. The number of phosphoric acid groups is 3. The Morgan fingerprint density at radius 2 is 1.75 bits per heavy atom. The van der Waals surface area contributed by atoms with Gasteiger partial charge in [0.1, 0.15) is 23.8 Å². The Balaban J connectivity index is 1.72. The molecule has 1 saturated heterocycles. The van der Waals surface area contributed by atoms with Crippen molar-refractivity contribution in [2.24, 2.45) is 0 Å². The van der Waals surface area contributed by atoms with Crippen LogP contribution in [0.4, 0.5) is 5.82 Å². The molecule has 32 heavy (non-hydrogen) atoms. The normalized spacial score (nSPS) is 28.0. The van der Waals surface area contributed by atoms with Gasteiger partial charge >= 0.3 is 23.5 Å². The molecular formula is C10H15ClN5O13P3. The highest BCUT2D eigenvalue weighted by atomic mass is 35.5. The van der Waals surface area contributed by atoms with Crippen molar-refractivity contribution in [1.29, 1.82) is 0 Å². The van der Waals surface area contributed by atoms with E-state index in [9.17, 15) is 28.8 Å². The minimum atomic E-state index is -5.72. The highest BCUT2D eigenvalue weighted by Crippen LogP contribution is 2.66. The van der Waals surface area contributed by atoms with E-state index in [-0.39, 0.29) is 22.3 Å². The molecule has 3 unspecified atom stereocenters. The maximum Gasteiger partial charge on any atom is 0.490 e. The summed E-state index contributed by atoms with van der Waals surface area (Å²) in [6, 6.07) is 0. The molecule has 0 aromatic carbocycles. The number of rotatable bonds is 8. The molecule has 1 aliphatic heterocycles. The first-order valence-corrected chi connectivity index (χ1v) is 12.9. The molecule has 8 N–H and O–H groups in total. The monoisotopic (exact) mass is 541 g/mol. The first-order chi connectivity index (χ1) is 14.6. The van der Waals surface area contributed by atoms with Crippen molar-refractivity contribution in [2.75, 3.05) is 12.3 Å². The van der Waals surface area contributed by atoms with Crippen LogP contribution in [0.1, 0.15) is 6.23 Å². The number of nitrogens with zero attached hydrogens (tertiary/aromatic N) is 4. The van der Waals surface area contributed by atoms with Gasteiger partial charge in [0.2, 0.25) is 5.28 Å². The fraction of sp³-hybridized carbons (Fsp3) is 0.500. The van der Waals surface area contributed by atoms with Crippen LogP contribution in [0.5, 0.6) is 0 Å². The average Bonchev–Trinajstić information content (AvgIpc) is 3.12. The van der Waals surface area contributed by atoms with Crippen LogP contribution in [-0.4, -0.2) is 74.2 Å². The minimum absolute atomic E-state index is 0.0345. The Kier molecular flexibility index (Phi) is 7.14. The van der Waals surface area contributed by atoms with Gasteiger partial charge in [0, 0.05) is 0 Å². The third kappa shape index (κ3) is 5.88. The highest BCUT2D eigenvalue weighted by molar-refractivity contribution is 7.66. The number of aliphatic hydroxyl groups excluding tert-OH is 2. The number of fused-ring (bicyclic) bond motifs is 1. The molecule has 0 spiro atoms. The molecule has 3 rings (SSSR count). The van der Waals surface area contributed by atoms with Gasteiger partial charge in [-0.3, -0.25) is 9.09 Å². The van der Waals surface area contributed by atoms with Crippen molar-refractivity contribution in [3.63, 3.8) is 0 Å². The number of nitrogens with two attached hydrogens (primary N) is 1. The van der Waals surface area contributed by atoms with Gasteiger partial charge in [0.25, 0.3) is 0 Å². The van der Waals surface area contributed by atoms with Gasteiger partial charge in [-0.05, 0) is 11.6 Å². The SMILES string of the molecule is Nc1nc(Cl)nc2c1ncn2[C@@H]1O[C@H](COP(=O)(O)OP(=O)(O)OP(=O)(O)O)[C@H](O)C1O. The van der Waals surface area contributed by atoms with Crippen LogP contribution in [-0.2, 0) is 31.6 Å². The van der Waals surface area contributed by atoms with Crippen LogP contribution in [0.3, 0.4) is 0 Å². The van der Waals surface area contributed by atoms with Crippen LogP contribution < -0.4 is 5.73 Å². The van der Waals surface area contributed by atoms with Crippen molar-refractivity contribution in [2.45, 2.75) is 24.5 Å². The highest BCUT2D eigenvalue weighted by Gasteiger charge is 2.47. The van der Waals surface area contributed by atoms with Gasteiger partial charge in [-0.1, -0.05) is 0 Å². The van der Waals surface area contributed by atoms with E-state index in [1.165, 1.54) is 0 Å². The van der Waals surface area contributed by atoms with E-state index >= 15 is 0 Å². The first kappa shape index (κ1) is 25.6. The summed E-state index contributed by atoms with van der Waals surface area (Å²) in [4.78, 5) is 47.2. The number of phosphoric ester groups is 1. The van der Waals surface area contributed by atoms with Crippen molar-refractivity contribution in [1.82, 2.24) is 19.5 Å². The molecule has 2 aromatic heterocycles. The molecule has 0 saturated carbocycles. The van der Waals surface area contributed by atoms with Crippen LogP contribution in [0.15, 0.2) is 6.33 Å². The van der Waals surface area contributed by atoms with E-state index in [1.807, 2.05) is 0 Å². The molecule has 3 heterocycles. The van der Waals surface area contributed by atoms with Crippen molar-refractivity contribution in [3.8, 4) is 0 Å². The predicted octanol–water partition coefficient (Wildman–Crippen LogP) is -0.976. The van der Waals surface area contributed by atoms with Gasteiger partial charge in [-0.2, -0.15) is 18.6 Å². The maximum absolute atomic E-state index is 11.8. The lowest BCUT2D eigenvalue weighted by molar-refractivity contribution is -0.0503. The molecule has 18 nitrogen and oxygen atoms in total. The molecule has 6 atom stereocenters. The van der Waals surface area contributed by atoms with Crippen LogP contribution in [0.2, 0.25) is 5.28 Å². The first-order valence-electron chi connectivity index (χ1n) is 8.04. The van der Waals surface area contributed by atoms with E-state index < -0.39 is 54.6 Å². The van der Waals surface area contributed by atoms with E-state index in [1.54, 1.807) is 0 Å². The number of imidazole rings is 1. The Morgan fingerprint density at radius 3 is 2.38 bits per heavy atom. The topological polar surface area (TPSA) is 279 Å². The van der Waals surface area contributed by atoms with Gasteiger partial charge in [0.15, 0.2) is 17.7 Å². The summed E-state index contributed by atoms with van der Waals surface area (Å²) in [5, 5.41) is 20.2. The molecule has 1 aliphatic rings. The second-order valence-electron chi connectivity index (χ2n) is 6.13. The van der Waals surface area contributed by atoms with Crippen LogP contribution >= 0.6 is 35.1 Å². The number of aliphatic hydroxyl groups is 2. The van der Waals surface area contributed by atoms with Crippen LogP contribution in [0.25, 0.3) is 11.2 Å². The molecule has 0 amide bonds. The molecule has 1 fully saturated rings. The lowest BCUT2D eigenvalue weighted by Crippen LogP contribution is -2.33. The standard InChI is InChI=1S/C10H15ClN5O13P3/c11-10-14-7(12)4-8(15-10)16(2-13-4)9-6(18)5(17)3(27-9)1-26-31(22,23)29-32(24,25)28-30(19,20)21/h2-3,5-6,9,17-18H,1H2,(H,22,23)(H,24,25)(H2,12,14,15)(H2,19,20,21)/t3-,5+,6?,9-/m1/s1. The second kappa shape index (κ2) is 8.94. The summed E-state index contributed by atoms with van der Waals surface area (Å²) >= 11 is 5.75. The molecule has 0 radical (unpaired) electrons. The summed E-state index contributed by atoms with van der Waals surface area (Å²) in [6.07, 6.45) is -5.05. The molecule has 2 aromatic rings. The van der Waals surface area contributed by atoms with Crippen molar-refractivity contribution < 1.29 is 61.4 Å². The van der Waals surface area contributed by atoms with Gasteiger partial charge in [0.05, 0.1) is 12.9 Å². The lowest BCUT2D eigenvalue weighted by atomic mass is 10.1. The number of ether oxygens (including phenoxy) is 1. The van der Waals surface area contributed by atoms with Gasteiger partial charge in [-0.15, -0.1) is 0 Å². The number of nitrogen functional groups attached to an aromatic ring is 1.